The molecule has 5 heteroatoms. The largest absolute Gasteiger partial charge is 0.346 e. The van der Waals surface area contributed by atoms with Gasteiger partial charge < -0.3 is 5.32 Å². The molecule has 5 nitrogen and oxygen atoms in total. The summed E-state index contributed by atoms with van der Waals surface area (Å²) in [4.78, 5) is 21.2. The SMILES string of the molecule is N=C=C(N=O)C(=O)NCc1ccccc1. The van der Waals surface area contributed by atoms with Gasteiger partial charge in [-0.3, -0.25) is 10.2 Å². The third-order valence-corrected chi connectivity index (χ3v) is 1.72. The maximum absolute atomic E-state index is 11.2. The van der Waals surface area contributed by atoms with Gasteiger partial charge in [0.05, 0.1) is 0 Å². The van der Waals surface area contributed by atoms with E-state index < -0.39 is 11.6 Å². The zero-order valence-corrected chi connectivity index (χ0v) is 7.86. The lowest BCUT2D eigenvalue weighted by Crippen LogP contribution is -2.23. The summed E-state index contributed by atoms with van der Waals surface area (Å²) in [7, 11) is 0. The molecule has 2 N–H and O–H groups in total. The van der Waals surface area contributed by atoms with E-state index in [2.05, 4.69) is 10.5 Å². The first-order chi connectivity index (χ1) is 7.27. The Morgan fingerprint density at radius 3 is 2.60 bits per heavy atom. The molecule has 15 heavy (non-hydrogen) atoms. The number of benzene rings is 1. The number of hydrogen-bond acceptors (Lipinski definition) is 4. The maximum atomic E-state index is 11.2. The average molecular weight is 203 g/mol. The zero-order chi connectivity index (χ0) is 11.1. The normalized spacial score (nSPS) is 8.80. The fourth-order valence-electron chi connectivity index (χ4n) is 0.983. The number of nitroso groups, excluding NO2 is 1. The first kappa shape index (κ1) is 10.8. The smallest absolute Gasteiger partial charge is 0.283 e. The molecule has 0 bridgehead atoms. The zero-order valence-electron chi connectivity index (χ0n) is 7.86. The van der Waals surface area contributed by atoms with Crippen molar-refractivity contribution in [3.05, 3.63) is 46.5 Å². The van der Waals surface area contributed by atoms with Crippen LogP contribution in [0.2, 0.25) is 0 Å². The highest BCUT2D eigenvalue weighted by Crippen LogP contribution is 1.98. The summed E-state index contributed by atoms with van der Waals surface area (Å²) < 4.78 is 0. The predicted octanol–water partition coefficient (Wildman–Crippen LogP) is 1.20. The van der Waals surface area contributed by atoms with Crippen molar-refractivity contribution < 1.29 is 4.79 Å². The summed E-state index contributed by atoms with van der Waals surface area (Å²) >= 11 is 0. The molecule has 0 aromatic heterocycles. The number of carbonyl (C=O) groups is 1. The number of nitrogens with zero attached hydrogens (tertiary/aromatic N) is 1. The molecule has 0 radical (unpaired) electrons. The van der Waals surface area contributed by atoms with E-state index in [0.29, 0.717) is 6.54 Å². The van der Waals surface area contributed by atoms with Crippen molar-refractivity contribution in [2.45, 2.75) is 6.54 Å². The van der Waals surface area contributed by atoms with Crippen molar-refractivity contribution in [2.75, 3.05) is 0 Å². The molecule has 1 rings (SSSR count). The van der Waals surface area contributed by atoms with E-state index in [1.807, 2.05) is 30.3 Å². The summed E-state index contributed by atoms with van der Waals surface area (Å²) in [6, 6.07) is 9.21. The Kier molecular flexibility index (Phi) is 3.94. The van der Waals surface area contributed by atoms with Crippen LogP contribution in [-0.4, -0.2) is 11.8 Å². The molecule has 1 aromatic rings. The Morgan fingerprint density at radius 1 is 1.40 bits per heavy atom. The molecular formula is C10H9N3O2. The molecule has 0 aliphatic carbocycles. The Hall–Kier alpha value is -2.26. The molecular weight excluding hydrogens is 194 g/mol. The third-order valence-electron chi connectivity index (χ3n) is 1.72. The summed E-state index contributed by atoms with van der Waals surface area (Å²) in [6.07, 6.45) is 0. The van der Waals surface area contributed by atoms with E-state index in [9.17, 15) is 9.70 Å². The van der Waals surface area contributed by atoms with Gasteiger partial charge in [0, 0.05) is 12.4 Å². The van der Waals surface area contributed by atoms with Gasteiger partial charge in [0.2, 0.25) is 5.70 Å². The predicted molar refractivity (Wildman–Crippen MR) is 55.3 cm³/mol. The average Bonchev–Trinajstić information content (AvgIpc) is 2.29. The molecule has 0 saturated carbocycles. The minimum Gasteiger partial charge on any atom is -0.346 e. The van der Waals surface area contributed by atoms with Gasteiger partial charge in [-0.15, -0.1) is 4.91 Å². The molecule has 0 heterocycles. The Labute approximate surface area is 86.3 Å². The molecule has 0 unspecified atom stereocenters. The van der Waals surface area contributed by atoms with Crippen molar-refractivity contribution in [2.24, 2.45) is 5.18 Å². The molecule has 0 saturated heterocycles. The Morgan fingerprint density at radius 2 is 2.07 bits per heavy atom. The third kappa shape index (κ3) is 3.17. The second-order valence-electron chi connectivity index (χ2n) is 2.73. The summed E-state index contributed by atoms with van der Waals surface area (Å²) in [5, 5.41) is 11.5. The standard InChI is InChI=1S/C10H9N3O2/c11-6-9(13-15)10(14)12-7-8-4-2-1-3-5-8/h1-5,11H,7H2,(H,12,14). The van der Waals surface area contributed by atoms with E-state index in [0.717, 1.165) is 5.56 Å². The molecule has 1 aromatic carbocycles. The summed E-state index contributed by atoms with van der Waals surface area (Å²) in [6.45, 7) is 0.292. The Bertz CT molecular complexity index is 408. The van der Waals surface area contributed by atoms with Crippen LogP contribution in [0.1, 0.15) is 5.56 Å². The van der Waals surface area contributed by atoms with Gasteiger partial charge >= 0.3 is 0 Å². The molecule has 0 spiro atoms. The van der Waals surface area contributed by atoms with E-state index in [4.69, 9.17) is 5.41 Å². The van der Waals surface area contributed by atoms with Gasteiger partial charge in [-0.05, 0) is 10.7 Å². The van der Waals surface area contributed by atoms with Crippen molar-refractivity contribution in [3.63, 3.8) is 0 Å². The maximum Gasteiger partial charge on any atom is 0.283 e. The van der Waals surface area contributed by atoms with Crippen molar-refractivity contribution >= 4 is 11.8 Å². The number of rotatable bonds is 4. The number of carbonyl (C=O) groups excluding carboxylic acids is 1. The second kappa shape index (κ2) is 5.47. The molecule has 0 aliphatic heterocycles. The number of amides is 1. The fraction of sp³-hybridized carbons (Fsp3) is 0.100. The van der Waals surface area contributed by atoms with Crippen LogP contribution >= 0.6 is 0 Å². The molecule has 0 aliphatic rings. The fourth-order valence-corrected chi connectivity index (χ4v) is 0.983. The van der Waals surface area contributed by atoms with Crippen LogP contribution in [0.25, 0.3) is 0 Å². The quantitative estimate of drug-likeness (QED) is 0.438. The van der Waals surface area contributed by atoms with Crippen molar-refractivity contribution in [1.82, 2.24) is 5.32 Å². The molecule has 76 valence electrons. The van der Waals surface area contributed by atoms with Gasteiger partial charge in [-0.1, -0.05) is 30.3 Å². The van der Waals surface area contributed by atoms with Gasteiger partial charge in [0.1, 0.15) is 0 Å². The highest BCUT2D eigenvalue weighted by atomic mass is 16.3. The van der Waals surface area contributed by atoms with Crippen LogP contribution in [0.4, 0.5) is 0 Å². The monoisotopic (exact) mass is 203 g/mol. The molecule has 0 atom stereocenters. The van der Waals surface area contributed by atoms with Gasteiger partial charge in [0.15, 0.2) is 0 Å². The lowest BCUT2D eigenvalue weighted by molar-refractivity contribution is -0.117. The number of hydrogen-bond donors (Lipinski definition) is 2. The van der Waals surface area contributed by atoms with Crippen molar-refractivity contribution in [3.8, 4) is 0 Å². The van der Waals surface area contributed by atoms with Crippen LogP contribution < -0.4 is 5.32 Å². The highest BCUT2D eigenvalue weighted by molar-refractivity contribution is 6.00. The molecule has 0 fully saturated rings. The minimum atomic E-state index is -0.691. The van der Waals surface area contributed by atoms with E-state index in [-0.39, 0.29) is 0 Å². The summed E-state index contributed by atoms with van der Waals surface area (Å²) in [5.74, 6) is 0.972. The van der Waals surface area contributed by atoms with Crippen LogP contribution in [0.5, 0.6) is 0 Å². The Balaban J connectivity index is 2.55. The van der Waals surface area contributed by atoms with Crippen LogP contribution in [-0.2, 0) is 11.3 Å². The number of nitrogens with one attached hydrogen (secondary N) is 2. The van der Waals surface area contributed by atoms with E-state index in [1.165, 1.54) is 0 Å². The van der Waals surface area contributed by atoms with Crippen LogP contribution in [0, 0.1) is 10.3 Å². The molecule has 1 amide bonds. The second-order valence-corrected chi connectivity index (χ2v) is 2.73. The first-order valence-corrected chi connectivity index (χ1v) is 4.23. The first-order valence-electron chi connectivity index (χ1n) is 4.23. The van der Waals surface area contributed by atoms with Crippen molar-refractivity contribution in [1.29, 1.82) is 5.41 Å². The topological polar surface area (TPSA) is 82.4 Å². The minimum absolute atomic E-state index is 0.292. The lowest BCUT2D eigenvalue weighted by atomic mass is 10.2. The van der Waals surface area contributed by atoms with Gasteiger partial charge in [-0.25, -0.2) is 0 Å². The highest BCUT2D eigenvalue weighted by Gasteiger charge is 2.08. The van der Waals surface area contributed by atoms with Crippen LogP contribution in [0.3, 0.4) is 0 Å². The lowest BCUT2D eigenvalue weighted by Gasteiger charge is -2.02. The van der Waals surface area contributed by atoms with E-state index >= 15 is 0 Å². The van der Waals surface area contributed by atoms with Gasteiger partial charge in [0.25, 0.3) is 5.91 Å². The van der Waals surface area contributed by atoms with E-state index in [1.54, 1.807) is 5.87 Å². The van der Waals surface area contributed by atoms with Gasteiger partial charge in [-0.2, -0.15) is 0 Å². The van der Waals surface area contributed by atoms with Crippen LogP contribution in [0.15, 0.2) is 41.2 Å². The summed E-state index contributed by atoms with van der Waals surface area (Å²) in [5.41, 5.74) is 0.354.